The van der Waals surface area contributed by atoms with Gasteiger partial charge in [-0.2, -0.15) is 0 Å². The van der Waals surface area contributed by atoms with Gasteiger partial charge in [0.05, 0.1) is 0 Å². The maximum Gasteiger partial charge on any atom is 0.315 e. The van der Waals surface area contributed by atoms with Crippen molar-refractivity contribution >= 4 is 11.9 Å². The van der Waals surface area contributed by atoms with Crippen LogP contribution in [0, 0.1) is 11.8 Å². The monoisotopic (exact) mass is 295 g/mol. The SMILES string of the molecule is CC(NC(=O)NC(C)(C)C)C1CCCN(C(=O)C2CC2)C1. The molecule has 1 aliphatic heterocycles. The average molecular weight is 295 g/mol. The Labute approximate surface area is 127 Å². The summed E-state index contributed by atoms with van der Waals surface area (Å²) in [5.74, 6) is 0.967. The lowest BCUT2D eigenvalue weighted by Crippen LogP contribution is -2.53. The molecule has 0 spiro atoms. The molecule has 2 fully saturated rings. The molecule has 2 N–H and O–H groups in total. The largest absolute Gasteiger partial charge is 0.342 e. The van der Waals surface area contributed by atoms with Crippen molar-refractivity contribution < 1.29 is 9.59 Å². The molecule has 1 heterocycles. The van der Waals surface area contributed by atoms with Gasteiger partial charge in [-0.3, -0.25) is 4.79 Å². The zero-order chi connectivity index (χ0) is 15.6. The number of likely N-dealkylation sites (tertiary alicyclic amines) is 1. The minimum Gasteiger partial charge on any atom is -0.342 e. The van der Waals surface area contributed by atoms with Crippen LogP contribution in [0.3, 0.4) is 0 Å². The molecular formula is C16H29N3O2. The van der Waals surface area contributed by atoms with E-state index in [1.807, 2.05) is 32.6 Å². The predicted molar refractivity (Wildman–Crippen MR) is 82.9 cm³/mol. The summed E-state index contributed by atoms with van der Waals surface area (Å²) >= 11 is 0. The highest BCUT2D eigenvalue weighted by molar-refractivity contribution is 5.81. The standard InChI is InChI=1S/C16H29N3O2/c1-11(17-15(21)18-16(2,3)4)13-6-5-9-19(10-13)14(20)12-7-8-12/h11-13H,5-10H2,1-4H3,(H2,17,18,21). The molecule has 0 aromatic rings. The lowest BCUT2D eigenvalue weighted by Gasteiger charge is -2.36. The number of amides is 3. The molecule has 0 aromatic carbocycles. The van der Waals surface area contributed by atoms with Crippen molar-refractivity contribution in [2.45, 2.75) is 65.0 Å². The zero-order valence-electron chi connectivity index (χ0n) is 13.7. The molecule has 2 aliphatic rings. The molecule has 0 bridgehead atoms. The van der Waals surface area contributed by atoms with E-state index >= 15 is 0 Å². The molecule has 1 aliphatic carbocycles. The lowest BCUT2D eigenvalue weighted by atomic mass is 9.91. The number of carbonyl (C=O) groups excluding carboxylic acids is 2. The van der Waals surface area contributed by atoms with Gasteiger partial charge in [-0.25, -0.2) is 4.79 Å². The van der Waals surface area contributed by atoms with E-state index in [1.54, 1.807) is 0 Å². The second-order valence-corrected chi connectivity index (χ2v) is 7.60. The smallest absolute Gasteiger partial charge is 0.315 e. The molecule has 2 atom stereocenters. The van der Waals surface area contributed by atoms with Crippen LogP contribution in [0.2, 0.25) is 0 Å². The van der Waals surface area contributed by atoms with Crippen molar-refractivity contribution in [1.82, 2.24) is 15.5 Å². The Kier molecular flexibility index (Phi) is 4.79. The fourth-order valence-corrected chi connectivity index (χ4v) is 2.91. The van der Waals surface area contributed by atoms with Crippen LogP contribution in [-0.2, 0) is 4.79 Å². The van der Waals surface area contributed by atoms with Gasteiger partial charge in [0.2, 0.25) is 5.91 Å². The van der Waals surface area contributed by atoms with Crippen LogP contribution in [0.5, 0.6) is 0 Å². The maximum absolute atomic E-state index is 12.2. The van der Waals surface area contributed by atoms with Crippen LogP contribution in [0.25, 0.3) is 0 Å². The van der Waals surface area contributed by atoms with E-state index < -0.39 is 0 Å². The second kappa shape index (κ2) is 6.24. The summed E-state index contributed by atoms with van der Waals surface area (Å²) in [6.07, 6.45) is 4.23. The van der Waals surface area contributed by atoms with Gasteiger partial charge in [0.15, 0.2) is 0 Å². The Morgan fingerprint density at radius 2 is 1.86 bits per heavy atom. The first kappa shape index (κ1) is 16.1. The first-order valence-corrected chi connectivity index (χ1v) is 8.14. The van der Waals surface area contributed by atoms with Crippen molar-refractivity contribution in [3.8, 4) is 0 Å². The summed E-state index contributed by atoms with van der Waals surface area (Å²) < 4.78 is 0. The topological polar surface area (TPSA) is 61.4 Å². The third-order valence-electron chi connectivity index (χ3n) is 4.25. The summed E-state index contributed by atoms with van der Waals surface area (Å²) in [7, 11) is 0. The van der Waals surface area contributed by atoms with Crippen LogP contribution in [0.1, 0.15) is 53.4 Å². The normalized spacial score (nSPS) is 24.4. The number of piperidine rings is 1. The molecule has 2 rings (SSSR count). The van der Waals surface area contributed by atoms with Crippen molar-refractivity contribution in [3.63, 3.8) is 0 Å². The van der Waals surface area contributed by atoms with Crippen LogP contribution in [-0.4, -0.2) is 41.5 Å². The first-order valence-electron chi connectivity index (χ1n) is 8.14. The van der Waals surface area contributed by atoms with Gasteiger partial charge < -0.3 is 15.5 Å². The fourth-order valence-electron chi connectivity index (χ4n) is 2.91. The molecule has 120 valence electrons. The Morgan fingerprint density at radius 3 is 2.43 bits per heavy atom. The maximum atomic E-state index is 12.2. The number of nitrogens with one attached hydrogen (secondary N) is 2. The average Bonchev–Trinajstić information content (AvgIpc) is 3.19. The Morgan fingerprint density at radius 1 is 1.19 bits per heavy atom. The van der Waals surface area contributed by atoms with Crippen molar-refractivity contribution in [2.75, 3.05) is 13.1 Å². The molecular weight excluding hydrogens is 266 g/mol. The highest BCUT2D eigenvalue weighted by atomic mass is 16.2. The van der Waals surface area contributed by atoms with E-state index in [-0.39, 0.29) is 23.5 Å². The van der Waals surface area contributed by atoms with Crippen LogP contribution < -0.4 is 10.6 Å². The minimum atomic E-state index is -0.232. The predicted octanol–water partition coefficient (Wildman–Crippen LogP) is 2.12. The van der Waals surface area contributed by atoms with Gasteiger partial charge in [0.25, 0.3) is 0 Å². The highest BCUT2D eigenvalue weighted by Crippen LogP contribution is 2.32. The fraction of sp³-hybridized carbons (Fsp3) is 0.875. The van der Waals surface area contributed by atoms with E-state index in [2.05, 4.69) is 10.6 Å². The quantitative estimate of drug-likeness (QED) is 0.838. The highest BCUT2D eigenvalue weighted by Gasteiger charge is 2.36. The van der Waals surface area contributed by atoms with Gasteiger partial charge in [-0.1, -0.05) is 0 Å². The number of rotatable bonds is 3. The van der Waals surface area contributed by atoms with E-state index in [9.17, 15) is 9.59 Å². The van der Waals surface area contributed by atoms with Gasteiger partial charge in [0, 0.05) is 30.6 Å². The molecule has 1 saturated carbocycles. The minimum absolute atomic E-state index is 0.0853. The van der Waals surface area contributed by atoms with Crippen molar-refractivity contribution in [3.05, 3.63) is 0 Å². The van der Waals surface area contributed by atoms with E-state index in [4.69, 9.17) is 0 Å². The van der Waals surface area contributed by atoms with Gasteiger partial charge in [-0.15, -0.1) is 0 Å². The second-order valence-electron chi connectivity index (χ2n) is 7.60. The van der Waals surface area contributed by atoms with Gasteiger partial charge in [0.1, 0.15) is 0 Å². The van der Waals surface area contributed by atoms with Crippen molar-refractivity contribution in [1.29, 1.82) is 0 Å². The Bertz CT molecular complexity index is 399. The van der Waals surface area contributed by atoms with Crippen LogP contribution >= 0.6 is 0 Å². The molecule has 0 aromatic heterocycles. The van der Waals surface area contributed by atoms with Crippen LogP contribution in [0.15, 0.2) is 0 Å². The Balaban J connectivity index is 1.82. The third kappa shape index (κ3) is 4.90. The van der Waals surface area contributed by atoms with Crippen molar-refractivity contribution in [2.24, 2.45) is 11.8 Å². The molecule has 5 heteroatoms. The number of nitrogens with zero attached hydrogens (tertiary/aromatic N) is 1. The molecule has 5 nitrogen and oxygen atoms in total. The van der Waals surface area contributed by atoms with E-state index in [0.717, 1.165) is 38.8 Å². The summed E-state index contributed by atoms with van der Waals surface area (Å²) in [5, 5.41) is 5.94. The van der Waals surface area contributed by atoms with E-state index in [1.165, 1.54) is 0 Å². The third-order valence-corrected chi connectivity index (χ3v) is 4.25. The van der Waals surface area contributed by atoms with Crippen LogP contribution in [0.4, 0.5) is 4.79 Å². The van der Waals surface area contributed by atoms with Gasteiger partial charge in [-0.05, 0) is 59.3 Å². The number of hydrogen-bond acceptors (Lipinski definition) is 2. The molecule has 1 saturated heterocycles. The summed E-state index contributed by atoms with van der Waals surface area (Å²) in [6.45, 7) is 9.60. The lowest BCUT2D eigenvalue weighted by molar-refractivity contribution is -0.134. The molecule has 3 amide bonds. The molecule has 21 heavy (non-hydrogen) atoms. The summed E-state index contributed by atoms with van der Waals surface area (Å²) in [4.78, 5) is 26.1. The van der Waals surface area contributed by atoms with E-state index in [0.29, 0.717) is 11.8 Å². The number of carbonyl (C=O) groups is 2. The number of hydrogen-bond donors (Lipinski definition) is 2. The first-order chi connectivity index (χ1) is 9.76. The molecule has 2 unspecified atom stereocenters. The van der Waals surface area contributed by atoms with Gasteiger partial charge >= 0.3 is 6.03 Å². The summed E-state index contributed by atoms with van der Waals surface area (Å²) in [6, 6.07) is -0.0391. The summed E-state index contributed by atoms with van der Waals surface area (Å²) in [5.41, 5.74) is -0.232. The zero-order valence-corrected chi connectivity index (χ0v) is 13.7. The molecule has 0 radical (unpaired) electrons. The Hall–Kier alpha value is -1.26. The number of urea groups is 1.